The van der Waals surface area contributed by atoms with Gasteiger partial charge in [0.05, 0.1) is 25.3 Å². The number of carbonyl (C=O) groups excluding carboxylic acids is 2. The normalized spacial score (nSPS) is 26.2. The van der Waals surface area contributed by atoms with Crippen molar-refractivity contribution in [1.82, 2.24) is 4.90 Å². The van der Waals surface area contributed by atoms with Crippen molar-refractivity contribution in [2.75, 3.05) is 19.8 Å². The van der Waals surface area contributed by atoms with E-state index in [1.807, 2.05) is 4.90 Å². The molecular weight excluding hydrogens is 438 g/mol. The molecule has 2 heterocycles. The predicted octanol–water partition coefficient (Wildman–Crippen LogP) is 5.95. The van der Waals surface area contributed by atoms with Gasteiger partial charge in [0.2, 0.25) is 0 Å². The quantitative estimate of drug-likeness (QED) is 0.538. The van der Waals surface area contributed by atoms with Gasteiger partial charge in [-0.2, -0.15) is 0 Å². The maximum Gasteiger partial charge on any atom is 0.410 e. The summed E-state index contributed by atoms with van der Waals surface area (Å²) in [6.07, 6.45) is 8.08. The highest BCUT2D eigenvalue weighted by atomic mass is 16.6. The molecule has 0 aromatic heterocycles. The molecule has 2 aromatic rings. The molecule has 3 fully saturated rings. The van der Waals surface area contributed by atoms with Gasteiger partial charge in [-0.1, -0.05) is 80.6 Å². The van der Waals surface area contributed by atoms with E-state index in [1.165, 1.54) is 54.4 Å². The maximum atomic E-state index is 13.3. The first kappa shape index (κ1) is 22.8. The third-order valence-corrected chi connectivity index (χ3v) is 8.74. The van der Waals surface area contributed by atoms with Crippen molar-refractivity contribution in [3.8, 4) is 11.1 Å². The minimum absolute atomic E-state index is 0.0495. The smallest absolute Gasteiger partial charge is 0.410 e. The third-order valence-electron chi connectivity index (χ3n) is 8.74. The number of fused-ring (bicyclic) bond motifs is 5. The lowest BCUT2D eigenvalue weighted by Gasteiger charge is -2.47. The average molecular weight is 474 g/mol. The Kier molecular flexibility index (Phi) is 6.36. The standard InChI is InChI=1S/C30H35NO4/c32-29(14-20-8-2-1-3-9-20)21-15-22-17-34-18-23(16-21)31(22)30(33)35-19-28-26-12-6-4-10-24(26)25-11-5-7-13-27(25)28/h4-7,10-13,20-23,28H,1-3,8-9,14-19H2. The maximum absolute atomic E-state index is 13.3. The summed E-state index contributed by atoms with van der Waals surface area (Å²) in [5, 5.41) is 0. The first-order chi connectivity index (χ1) is 17.2. The van der Waals surface area contributed by atoms with E-state index in [-0.39, 0.29) is 30.0 Å². The van der Waals surface area contributed by atoms with Gasteiger partial charge >= 0.3 is 6.09 Å². The van der Waals surface area contributed by atoms with E-state index in [0.717, 1.165) is 6.42 Å². The van der Waals surface area contributed by atoms with Gasteiger partial charge in [-0.3, -0.25) is 9.69 Å². The SMILES string of the molecule is O=C(CC1CCCCC1)C1CC2COCC(C1)N2C(=O)OCC1c2ccccc2-c2ccccc21. The Labute approximate surface area is 207 Å². The van der Waals surface area contributed by atoms with Crippen molar-refractivity contribution in [2.24, 2.45) is 11.8 Å². The van der Waals surface area contributed by atoms with Gasteiger partial charge in [-0.15, -0.1) is 0 Å². The molecule has 2 aliphatic heterocycles. The minimum atomic E-state index is -0.261. The van der Waals surface area contributed by atoms with Crippen LogP contribution in [0.25, 0.3) is 11.1 Å². The molecular formula is C30H35NO4. The summed E-state index contributed by atoms with van der Waals surface area (Å²) in [6.45, 7) is 1.31. The van der Waals surface area contributed by atoms with E-state index in [9.17, 15) is 9.59 Å². The molecule has 5 nitrogen and oxygen atoms in total. The van der Waals surface area contributed by atoms with Crippen LogP contribution in [-0.4, -0.2) is 48.7 Å². The molecule has 5 heteroatoms. The van der Waals surface area contributed by atoms with Crippen LogP contribution in [0.4, 0.5) is 4.79 Å². The fraction of sp³-hybridized carbons (Fsp3) is 0.533. The fourth-order valence-electron chi connectivity index (χ4n) is 6.99. The molecule has 4 aliphatic rings. The number of ketones is 1. The second-order valence-electron chi connectivity index (χ2n) is 10.9. The molecule has 0 spiro atoms. The van der Waals surface area contributed by atoms with Gasteiger partial charge in [0.15, 0.2) is 0 Å². The molecule has 6 rings (SSSR count). The van der Waals surface area contributed by atoms with Crippen molar-refractivity contribution in [2.45, 2.75) is 69.4 Å². The van der Waals surface area contributed by atoms with Crippen LogP contribution in [0, 0.1) is 11.8 Å². The lowest BCUT2D eigenvalue weighted by molar-refractivity contribution is -0.132. The van der Waals surface area contributed by atoms with Crippen molar-refractivity contribution >= 4 is 11.9 Å². The Bertz CT molecular complexity index is 1030. The Morgan fingerprint density at radius 2 is 1.46 bits per heavy atom. The second kappa shape index (κ2) is 9.77. The Balaban J connectivity index is 1.11. The summed E-state index contributed by atoms with van der Waals surface area (Å²) in [6, 6.07) is 16.7. The van der Waals surface area contributed by atoms with Gasteiger partial charge in [-0.25, -0.2) is 4.79 Å². The van der Waals surface area contributed by atoms with Gasteiger partial charge in [0.25, 0.3) is 0 Å². The van der Waals surface area contributed by atoms with E-state index < -0.39 is 0 Å². The highest BCUT2D eigenvalue weighted by Gasteiger charge is 2.45. The average Bonchev–Trinajstić information content (AvgIpc) is 3.21. The number of morpholine rings is 1. The van der Waals surface area contributed by atoms with Gasteiger partial charge in [0.1, 0.15) is 12.4 Å². The second-order valence-corrected chi connectivity index (χ2v) is 10.9. The van der Waals surface area contributed by atoms with E-state index in [4.69, 9.17) is 9.47 Å². The minimum Gasteiger partial charge on any atom is -0.448 e. The van der Waals surface area contributed by atoms with Crippen LogP contribution >= 0.6 is 0 Å². The number of ether oxygens (including phenoxy) is 2. The van der Waals surface area contributed by atoms with Crippen LogP contribution in [0.5, 0.6) is 0 Å². The Morgan fingerprint density at radius 1 is 0.857 bits per heavy atom. The molecule has 0 N–H and O–H groups in total. The number of hydrogen-bond acceptors (Lipinski definition) is 4. The van der Waals surface area contributed by atoms with Gasteiger partial charge in [0, 0.05) is 18.3 Å². The van der Waals surface area contributed by atoms with Crippen LogP contribution in [0.2, 0.25) is 0 Å². The fourth-order valence-corrected chi connectivity index (χ4v) is 6.99. The zero-order valence-corrected chi connectivity index (χ0v) is 20.4. The van der Waals surface area contributed by atoms with E-state index >= 15 is 0 Å². The third kappa shape index (κ3) is 4.40. The lowest BCUT2D eigenvalue weighted by atomic mass is 9.78. The highest BCUT2D eigenvalue weighted by Crippen LogP contribution is 2.45. The molecule has 2 saturated heterocycles. The lowest BCUT2D eigenvalue weighted by Crippen LogP contribution is -2.60. The van der Waals surface area contributed by atoms with E-state index in [0.29, 0.717) is 44.4 Å². The molecule has 0 radical (unpaired) electrons. The summed E-state index contributed by atoms with van der Waals surface area (Å²) in [4.78, 5) is 28.4. The van der Waals surface area contributed by atoms with E-state index in [1.54, 1.807) is 0 Å². The first-order valence-corrected chi connectivity index (χ1v) is 13.4. The number of nitrogens with zero attached hydrogens (tertiary/aromatic N) is 1. The van der Waals surface area contributed by atoms with E-state index in [2.05, 4.69) is 48.5 Å². The molecule has 2 bridgehead atoms. The topological polar surface area (TPSA) is 55.8 Å². The number of piperidine rings is 1. The molecule has 1 saturated carbocycles. The van der Waals surface area contributed by atoms with Crippen molar-refractivity contribution in [1.29, 1.82) is 0 Å². The van der Waals surface area contributed by atoms with Crippen LogP contribution in [-0.2, 0) is 14.3 Å². The summed E-state index contributed by atoms with van der Waals surface area (Å²) in [7, 11) is 0. The molecule has 2 atom stereocenters. The van der Waals surface area contributed by atoms with Crippen LogP contribution < -0.4 is 0 Å². The number of benzene rings is 2. The van der Waals surface area contributed by atoms with Gasteiger partial charge < -0.3 is 9.47 Å². The summed E-state index contributed by atoms with van der Waals surface area (Å²) < 4.78 is 11.8. The summed E-state index contributed by atoms with van der Waals surface area (Å²) in [5.74, 6) is 1.07. The molecule has 35 heavy (non-hydrogen) atoms. The van der Waals surface area contributed by atoms with Gasteiger partial charge in [-0.05, 0) is 41.0 Å². The first-order valence-electron chi connectivity index (χ1n) is 13.4. The molecule has 184 valence electrons. The molecule has 2 unspecified atom stereocenters. The number of Topliss-reactive ketones (excluding diaryl/α,β-unsaturated/α-hetero) is 1. The zero-order valence-electron chi connectivity index (χ0n) is 20.4. The summed E-state index contributed by atoms with van der Waals surface area (Å²) in [5.41, 5.74) is 4.90. The number of amides is 1. The number of hydrogen-bond donors (Lipinski definition) is 0. The summed E-state index contributed by atoms with van der Waals surface area (Å²) >= 11 is 0. The Hall–Kier alpha value is -2.66. The van der Waals surface area contributed by atoms with Crippen molar-refractivity contribution < 1.29 is 19.1 Å². The monoisotopic (exact) mass is 473 g/mol. The van der Waals surface area contributed by atoms with Crippen LogP contribution in [0.3, 0.4) is 0 Å². The van der Waals surface area contributed by atoms with Crippen molar-refractivity contribution in [3.05, 3.63) is 59.7 Å². The highest BCUT2D eigenvalue weighted by molar-refractivity contribution is 5.82. The Morgan fingerprint density at radius 3 is 2.09 bits per heavy atom. The van der Waals surface area contributed by atoms with Crippen LogP contribution in [0.1, 0.15) is 68.4 Å². The zero-order chi connectivity index (χ0) is 23.8. The number of carbonyl (C=O) groups is 2. The molecule has 1 amide bonds. The molecule has 2 aliphatic carbocycles. The molecule has 2 aromatic carbocycles. The largest absolute Gasteiger partial charge is 0.448 e. The predicted molar refractivity (Wildman–Crippen MR) is 134 cm³/mol. The van der Waals surface area contributed by atoms with Crippen LogP contribution in [0.15, 0.2) is 48.5 Å². The number of rotatable bonds is 5. The van der Waals surface area contributed by atoms with Crippen molar-refractivity contribution in [3.63, 3.8) is 0 Å².